The monoisotopic (exact) mass is 262 g/mol. The molecule has 1 N–H and O–H groups in total. The molecule has 0 aliphatic heterocycles. The predicted octanol–water partition coefficient (Wildman–Crippen LogP) is 2.65. The standard InChI is InChI=1S/C14H18N2O3/c1-3-6-14-15-13(16-19-14)9-18-12-8-5-4-7-11(12)10(2)17/h4-5,7-8,10,17H,3,6,9H2,1-2H3. The number of aliphatic hydroxyl groups is 1. The lowest BCUT2D eigenvalue weighted by Crippen LogP contribution is -2.02. The number of aromatic nitrogens is 2. The van der Waals surface area contributed by atoms with E-state index < -0.39 is 6.10 Å². The van der Waals surface area contributed by atoms with Crippen molar-refractivity contribution in [2.24, 2.45) is 0 Å². The number of aliphatic hydroxyl groups excluding tert-OH is 1. The Morgan fingerprint density at radius 1 is 1.37 bits per heavy atom. The first kappa shape index (κ1) is 13.5. The smallest absolute Gasteiger partial charge is 0.226 e. The number of para-hydroxylation sites is 1. The molecule has 1 atom stereocenters. The van der Waals surface area contributed by atoms with Gasteiger partial charge in [-0.2, -0.15) is 4.98 Å². The average Bonchev–Trinajstić information content (AvgIpc) is 2.85. The van der Waals surface area contributed by atoms with Crippen molar-refractivity contribution in [2.45, 2.75) is 39.4 Å². The molecule has 1 heterocycles. The van der Waals surface area contributed by atoms with Crippen molar-refractivity contribution in [1.29, 1.82) is 0 Å². The van der Waals surface area contributed by atoms with Gasteiger partial charge in [0.1, 0.15) is 5.75 Å². The molecule has 0 saturated carbocycles. The SMILES string of the molecule is CCCc1nc(COc2ccccc2C(C)O)no1. The van der Waals surface area contributed by atoms with Gasteiger partial charge in [-0.1, -0.05) is 30.3 Å². The minimum Gasteiger partial charge on any atom is -0.485 e. The third kappa shape index (κ3) is 3.54. The first-order valence-electron chi connectivity index (χ1n) is 6.42. The zero-order chi connectivity index (χ0) is 13.7. The summed E-state index contributed by atoms with van der Waals surface area (Å²) in [7, 11) is 0. The van der Waals surface area contributed by atoms with Crippen LogP contribution in [-0.2, 0) is 13.0 Å². The van der Waals surface area contributed by atoms with Crippen molar-refractivity contribution in [1.82, 2.24) is 10.1 Å². The second kappa shape index (κ2) is 6.33. The van der Waals surface area contributed by atoms with E-state index in [0.29, 0.717) is 17.5 Å². The third-order valence-electron chi connectivity index (χ3n) is 2.70. The lowest BCUT2D eigenvalue weighted by Gasteiger charge is -2.11. The lowest BCUT2D eigenvalue weighted by atomic mass is 10.1. The number of rotatable bonds is 6. The van der Waals surface area contributed by atoms with E-state index in [9.17, 15) is 5.11 Å². The number of hydrogen-bond donors (Lipinski definition) is 1. The maximum absolute atomic E-state index is 9.65. The molecule has 2 rings (SSSR count). The number of benzene rings is 1. The summed E-state index contributed by atoms with van der Waals surface area (Å²) in [6.45, 7) is 3.99. The van der Waals surface area contributed by atoms with E-state index in [2.05, 4.69) is 17.1 Å². The van der Waals surface area contributed by atoms with E-state index in [4.69, 9.17) is 9.26 Å². The van der Waals surface area contributed by atoms with Gasteiger partial charge in [0, 0.05) is 12.0 Å². The van der Waals surface area contributed by atoms with Gasteiger partial charge in [0.2, 0.25) is 11.7 Å². The summed E-state index contributed by atoms with van der Waals surface area (Å²) in [5, 5.41) is 13.5. The molecule has 5 nitrogen and oxygen atoms in total. The predicted molar refractivity (Wildman–Crippen MR) is 69.7 cm³/mol. The summed E-state index contributed by atoms with van der Waals surface area (Å²) in [6, 6.07) is 7.37. The zero-order valence-corrected chi connectivity index (χ0v) is 11.2. The average molecular weight is 262 g/mol. The molecule has 102 valence electrons. The van der Waals surface area contributed by atoms with Crippen molar-refractivity contribution < 1.29 is 14.4 Å². The molecular formula is C14H18N2O3. The molecule has 0 spiro atoms. The third-order valence-corrected chi connectivity index (χ3v) is 2.70. The van der Waals surface area contributed by atoms with E-state index in [1.54, 1.807) is 6.92 Å². The van der Waals surface area contributed by atoms with Crippen LogP contribution in [0.2, 0.25) is 0 Å². The van der Waals surface area contributed by atoms with Gasteiger partial charge in [0.25, 0.3) is 0 Å². The highest BCUT2D eigenvalue weighted by Crippen LogP contribution is 2.25. The van der Waals surface area contributed by atoms with E-state index in [1.165, 1.54) is 0 Å². The fourth-order valence-electron chi connectivity index (χ4n) is 1.76. The summed E-state index contributed by atoms with van der Waals surface area (Å²) < 4.78 is 10.7. The second-order valence-electron chi connectivity index (χ2n) is 4.36. The Bertz CT molecular complexity index is 523. The largest absolute Gasteiger partial charge is 0.485 e. The Kier molecular flexibility index (Phi) is 4.52. The minimum absolute atomic E-state index is 0.233. The molecule has 0 aliphatic carbocycles. The summed E-state index contributed by atoms with van der Waals surface area (Å²) in [6.07, 6.45) is 1.17. The van der Waals surface area contributed by atoms with Crippen LogP contribution in [0.3, 0.4) is 0 Å². The summed E-state index contributed by atoms with van der Waals surface area (Å²) in [5.41, 5.74) is 0.750. The van der Waals surface area contributed by atoms with Crippen LogP contribution >= 0.6 is 0 Å². The highest BCUT2D eigenvalue weighted by atomic mass is 16.5. The van der Waals surface area contributed by atoms with Gasteiger partial charge in [0.05, 0.1) is 6.10 Å². The van der Waals surface area contributed by atoms with E-state index >= 15 is 0 Å². The summed E-state index contributed by atoms with van der Waals surface area (Å²) in [4.78, 5) is 4.22. The maximum Gasteiger partial charge on any atom is 0.226 e. The van der Waals surface area contributed by atoms with Gasteiger partial charge in [0.15, 0.2) is 6.61 Å². The first-order valence-corrected chi connectivity index (χ1v) is 6.42. The van der Waals surface area contributed by atoms with E-state index in [-0.39, 0.29) is 6.61 Å². The van der Waals surface area contributed by atoms with Crippen LogP contribution in [0.15, 0.2) is 28.8 Å². The highest BCUT2D eigenvalue weighted by Gasteiger charge is 2.10. The Hall–Kier alpha value is -1.88. The molecule has 0 fully saturated rings. The topological polar surface area (TPSA) is 68.4 Å². The van der Waals surface area contributed by atoms with Gasteiger partial charge < -0.3 is 14.4 Å². The maximum atomic E-state index is 9.65. The van der Waals surface area contributed by atoms with Gasteiger partial charge in [-0.3, -0.25) is 0 Å². The minimum atomic E-state index is -0.572. The molecule has 0 aliphatic rings. The Morgan fingerprint density at radius 2 is 2.16 bits per heavy atom. The summed E-state index contributed by atoms with van der Waals surface area (Å²) in [5.74, 6) is 1.79. The molecule has 1 aromatic heterocycles. The fraction of sp³-hybridized carbons (Fsp3) is 0.429. The molecule has 5 heteroatoms. The zero-order valence-electron chi connectivity index (χ0n) is 11.2. The number of ether oxygens (including phenoxy) is 1. The molecule has 1 aromatic carbocycles. The molecular weight excluding hydrogens is 244 g/mol. The highest BCUT2D eigenvalue weighted by molar-refractivity contribution is 5.34. The van der Waals surface area contributed by atoms with Crippen molar-refractivity contribution in [3.05, 3.63) is 41.5 Å². The van der Waals surface area contributed by atoms with Crippen LogP contribution in [0.1, 0.15) is 43.7 Å². The van der Waals surface area contributed by atoms with Gasteiger partial charge >= 0.3 is 0 Å². The number of aryl methyl sites for hydroxylation is 1. The first-order chi connectivity index (χ1) is 9.20. The normalized spacial score (nSPS) is 12.4. The molecule has 0 saturated heterocycles. The molecule has 1 unspecified atom stereocenters. The Balaban J connectivity index is 2.01. The molecule has 2 aromatic rings. The van der Waals surface area contributed by atoms with Crippen LogP contribution < -0.4 is 4.74 Å². The molecule has 0 radical (unpaired) electrons. The van der Waals surface area contributed by atoms with Gasteiger partial charge in [-0.05, 0) is 19.4 Å². The quantitative estimate of drug-likeness (QED) is 0.866. The van der Waals surface area contributed by atoms with Crippen LogP contribution in [0.5, 0.6) is 5.75 Å². The van der Waals surface area contributed by atoms with Crippen LogP contribution in [0, 0.1) is 0 Å². The molecule has 0 amide bonds. The van der Waals surface area contributed by atoms with Gasteiger partial charge in [-0.15, -0.1) is 0 Å². The second-order valence-corrected chi connectivity index (χ2v) is 4.36. The van der Waals surface area contributed by atoms with E-state index in [0.717, 1.165) is 18.4 Å². The van der Waals surface area contributed by atoms with Gasteiger partial charge in [-0.25, -0.2) is 0 Å². The Labute approximate surface area is 112 Å². The molecule has 0 bridgehead atoms. The molecule has 19 heavy (non-hydrogen) atoms. The van der Waals surface area contributed by atoms with Crippen molar-refractivity contribution >= 4 is 0 Å². The van der Waals surface area contributed by atoms with Crippen LogP contribution in [-0.4, -0.2) is 15.2 Å². The van der Waals surface area contributed by atoms with Crippen molar-refractivity contribution in [3.63, 3.8) is 0 Å². The van der Waals surface area contributed by atoms with Crippen LogP contribution in [0.25, 0.3) is 0 Å². The van der Waals surface area contributed by atoms with Crippen molar-refractivity contribution in [3.8, 4) is 5.75 Å². The van der Waals surface area contributed by atoms with Crippen molar-refractivity contribution in [2.75, 3.05) is 0 Å². The Morgan fingerprint density at radius 3 is 2.89 bits per heavy atom. The fourth-order valence-corrected chi connectivity index (χ4v) is 1.76. The number of nitrogens with zero attached hydrogens (tertiary/aromatic N) is 2. The lowest BCUT2D eigenvalue weighted by molar-refractivity contribution is 0.189. The summed E-state index contributed by atoms with van der Waals surface area (Å²) >= 11 is 0. The number of hydrogen-bond acceptors (Lipinski definition) is 5. The van der Waals surface area contributed by atoms with E-state index in [1.807, 2.05) is 24.3 Å². The van der Waals surface area contributed by atoms with Crippen LogP contribution in [0.4, 0.5) is 0 Å².